The molecular formula is C21H27NO2S. The lowest BCUT2D eigenvalue weighted by Gasteiger charge is -2.24. The molecule has 134 valence electrons. The maximum Gasteiger partial charge on any atom is 0.243 e. The monoisotopic (exact) mass is 357 g/mol. The highest BCUT2D eigenvalue weighted by molar-refractivity contribution is 7.89. The molecule has 1 atom stereocenters. The van der Waals surface area contributed by atoms with E-state index in [0.717, 1.165) is 24.8 Å². The van der Waals surface area contributed by atoms with E-state index in [9.17, 15) is 8.42 Å². The van der Waals surface area contributed by atoms with E-state index in [1.807, 2.05) is 19.1 Å². The van der Waals surface area contributed by atoms with Crippen molar-refractivity contribution in [1.82, 2.24) is 4.31 Å². The molecule has 1 aliphatic rings. The van der Waals surface area contributed by atoms with Gasteiger partial charge in [0.05, 0.1) is 10.9 Å². The van der Waals surface area contributed by atoms with Gasteiger partial charge in [-0.1, -0.05) is 55.8 Å². The summed E-state index contributed by atoms with van der Waals surface area (Å²) >= 11 is 0. The van der Waals surface area contributed by atoms with Gasteiger partial charge in [0.15, 0.2) is 0 Å². The summed E-state index contributed by atoms with van der Waals surface area (Å²) in [6, 6.07) is 15.6. The molecule has 3 rings (SSSR count). The van der Waals surface area contributed by atoms with Crippen molar-refractivity contribution in [1.29, 1.82) is 0 Å². The standard InChI is InChI=1S/C21H27NO2S/c1-16(2)15-18-8-12-20(13-9-18)25(23,24)22-14-4-5-21(22)19-10-6-17(3)7-11-19/h6-13,16,21H,4-5,14-15H2,1-3H3/t21-/m0/s1. The molecule has 0 N–H and O–H groups in total. The minimum Gasteiger partial charge on any atom is -0.207 e. The van der Waals surface area contributed by atoms with E-state index in [1.54, 1.807) is 16.4 Å². The molecule has 2 aromatic carbocycles. The molecule has 0 amide bonds. The Bertz CT molecular complexity index is 808. The number of nitrogens with zero attached hydrogens (tertiary/aromatic N) is 1. The van der Waals surface area contributed by atoms with Gasteiger partial charge < -0.3 is 0 Å². The van der Waals surface area contributed by atoms with E-state index in [0.29, 0.717) is 17.4 Å². The van der Waals surface area contributed by atoms with Crippen molar-refractivity contribution in [2.45, 2.75) is 51.0 Å². The fraction of sp³-hybridized carbons (Fsp3) is 0.429. The van der Waals surface area contributed by atoms with Gasteiger partial charge in [-0.05, 0) is 55.4 Å². The highest BCUT2D eigenvalue weighted by Gasteiger charge is 2.36. The number of benzene rings is 2. The lowest BCUT2D eigenvalue weighted by molar-refractivity contribution is 0.396. The maximum atomic E-state index is 13.1. The summed E-state index contributed by atoms with van der Waals surface area (Å²) in [5.74, 6) is 0.562. The lowest BCUT2D eigenvalue weighted by atomic mass is 10.0. The Hall–Kier alpha value is -1.65. The van der Waals surface area contributed by atoms with E-state index in [2.05, 4.69) is 38.1 Å². The molecule has 0 bridgehead atoms. The first kappa shape index (κ1) is 18.2. The molecule has 1 fully saturated rings. The van der Waals surface area contributed by atoms with Crippen molar-refractivity contribution >= 4 is 10.0 Å². The van der Waals surface area contributed by atoms with Crippen molar-refractivity contribution in [3.05, 3.63) is 65.2 Å². The highest BCUT2D eigenvalue weighted by atomic mass is 32.2. The van der Waals surface area contributed by atoms with E-state index in [4.69, 9.17) is 0 Å². The Labute approximate surface area is 151 Å². The molecule has 2 aromatic rings. The molecule has 1 heterocycles. The average molecular weight is 358 g/mol. The van der Waals surface area contributed by atoms with Gasteiger partial charge in [0, 0.05) is 6.54 Å². The molecule has 0 unspecified atom stereocenters. The number of hydrogen-bond acceptors (Lipinski definition) is 2. The second-order valence-electron chi connectivity index (χ2n) is 7.43. The zero-order valence-electron chi connectivity index (χ0n) is 15.3. The average Bonchev–Trinajstić information content (AvgIpc) is 3.06. The minimum absolute atomic E-state index is 0.0547. The number of aryl methyl sites for hydroxylation is 1. The first-order chi connectivity index (χ1) is 11.9. The Morgan fingerprint density at radius 3 is 2.28 bits per heavy atom. The van der Waals surface area contributed by atoms with Crippen LogP contribution >= 0.6 is 0 Å². The summed E-state index contributed by atoms with van der Waals surface area (Å²) in [4.78, 5) is 0.402. The second kappa shape index (κ2) is 7.30. The van der Waals surface area contributed by atoms with Crippen LogP contribution in [0.5, 0.6) is 0 Å². The lowest BCUT2D eigenvalue weighted by Crippen LogP contribution is -2.30. The second-order valence-corrected chi connectivity index (χ2v) is 9.32. The summed E-state index contributed by atoms with van der Waals surface area (Å²) in [6.45, 7) is 6.97. The first-order valence-electron chi connectivity index (χ1n) is 9.05. The highest BCUT2D eigenvalue weighted by Crippen LogP contribution is 2.36. The van der Waals surface area contributed by atoms with E-state index < -0.39 is 10.0 Å². The number of rotatable bonds is 5. The third kappa shape index (κ3) is 3.96. The van der Waals surface area contributed by atoms with Gasteiger partial charge in [0.25, 0.3) is 0 Å². The van der Waals surface area contributed by atoms with Crippen LogP contribution < -0.4 is 0 Å². The van der Waals surface area contributed by atoms with E-state index in [-0.39, 0.29) is 6.04 Å². The van der Waals surface area contributed by atoms with Gasteiger partial charge in [-0.25, -0.2) is 8.42 Å². The number of hydrogen-bond donors (Lipinski definition) is 0. The van der Waals surface area contributed by atoms with Gasteiger partial charge in [-0.2, -0.15) is 4.31 Å². The molecule has 0 radical (unpaired) electrons. The van der Waals surface area contributed by atoms with Crippen LogP contribution in [0.1, 0.15) is 49.4 Å². The van der Waals surface area contributed by atoms with Crippen molar-refractivity contribution in [2.75, 3.05) is 6.54 Å². The Morgan fingerprint density at radius 2 is 1.68 bits per heavy atom. The Kier molecular flexibility index (Phi) is 5.30. The fourth-order valence-corrected chi connectivity index (χ4v) is 5.24. The normalized spacial score (nSPS) is 18.8. The van der Waals surface area contributed by atoms with Crippen molar-refractivity contribution in [3.8, 4) is 0 Å². The minimum atomic E-state index is -3.46. The summed E-state index contributed by atoms with van der Waals surface area (Å²) in [5.41, 5.74) is 3.46. The van der Waals surface area contributed by atoms with Gasteiger partial charge >= 0.3 is 0 Å². The molecule has 4 heteroatoms. The summed E-state index contributed by atoms with van der Waals surface area (Å²) in [6.07, 6.45) is 2.76. The molecule has 3 nitrogen and oxygen atoms in total. The fourth-order valence-electron chi connectivity index (χ4n) is 3.55. The summed E-state index contributed by atoms with van der Waals surface area (Å²) < 4.78 is 28.0. The van der Waals surface area contributed by atoms with Crippen molar-refractivity contribution < 1.29 is 8.42 Å². The zero-order chi connectivity index (χ0) is 18.0. The Morgan fingerprint density at radius 1 is 1.04 bits per heavy atom. The van der Waals surface area contributed by atoms with Crippen LogP contribution in [0.2, 0.25) is 0 Å². The van der Waals surface area contributed by atoms with Gasteiger partial charge in [-0.15, -0.1) is 0 Å². The molecule has 0 aliphatic carbocycles. The molecule has 0 spiro atoms. The topological polar surface area (TPSA) is 37.4 Å². The molecule has 0 aromatic heterocycles. The summed E-state index contributed by atoms with van der Waals surface area (Å²) in [7, 11) is -3.46. The maximum absolute atomic E-state index is 13.1. The molecule has 0 saturated carbocycles. The van der Waals surface area contributed by atoms with Crippen LogP contribution in [0, 0.1) is 12.8 Å². The van der Waals surface area contributed by atoms with Gasteiger partial charge in [-0.3, -0.25) is 0 Å². The predicted octanol–water partition coefficient (Wildman–Crippen LogP) is 4.72. The third-order valence-electron chi connectivity index (χ3n) is 4.84. The largest absolute Gasteiger partial charge is 0.243 e. The first-order valence-corrected chi connectivity index (χ1v) is 10.5. The van der Waals surface area contributed by atoms with Crippen LogP contribution in [0.3, 0.4) is 0 Å². The quantitative estimate of drug-likeness (QED) is 0.776. The van der Waals surface area contributed by atoms with Crippen LogP contribution in [0.25, 0.3) is 0 Å². The van der Waals surface area contributed by atoms with E-state index >= 15 is 0 Å². The predicted molar refractivity (Wildman–Crippen MR) is 102 cm³/mol. The van der Waals surface area contributed by atoms with Gasteiger partial charge in [0.2, 0.25) is 10.0 Å². The molecule has 1 saturated heterocycles. The smallest absolute Gasteiger partial charge is 0.207 e. The van der Waals surface area contributed by atoms with Crippen LogP contribution in [0.4, 0.5) is 0 Å². The van der Waals surface area contributed by atoms with Crippen molar-refractivity contribution in [3.63, 3.8) is 0 Å². The van der Waals surface area contributed by atoms with E-state index in [1.165, 1.54) is 11.1 Å². The van der Waals surface area contributed by atoms with Crippen LogP contribution in [-0.2, 0) is 16.4 Å². The SMILES string of the molecule is Cc1ccc([C@@H]2CCCN2S(=O)(=O)c2ccc(CC(C)C)cc2)cc1. The van der Waals surface area contributed by atoms with Crippen LogP contribution in [-0.4, -0.2) is 19.3 Å². The van der Waals surface area contributed by atoms with Crippen molar-refractivity contribution in [2.24, 2.45) is 5.92 Å². The summed E-state index contributed by atoms with van der Waals surface area (Å²) in [5, 5.41) is 0. The van der Waals surface area contributed by atoms with Gasteiger partial charge in [0.1, 0.15) is 0 Å². The molecule has 25 heavy (non-hydrogen) atoms. The number of sulfonamides is 1. The molecular weight excluding hydrogens is 330 g/mol. The third-order valence-corrected chi connectivity index (χ3v) is 6.76. The zero-order valence-corrected chi connectivity index (χ0v) is 16.1. The van der Waals surface area contributed by atoms with Crippen LogP contribution in [0.15, 0.2) is 53.4 Å². The molecule has 1 aliphatic heterocycles. The Balaban J connectivity index is 1.86.